The zero-order chi connectivity index (χ0) is 17.5. The van der Waals surface area contributed by atoms with Crippen LogP contribution in [0, 0.1) is 0 Å². The van der Waals surface area contributed by atoms with Gasteiger partial charge in [-0.3, -0.25) is 14.5 Å². The first-order valence-corrected chi connectivity index (χ1v) is 9.80. The summed E-state index contributed by atoms with van der Waals surface area (Å²) in [6.45, 7) is 3.07. The first kappa shape index (κ1) is 19.1. The smallest absolute Gasteiger partial charge is 0.266 e. The van der Waals surface area contributed by atoms with Crippen LogP contribution in [0.2, 0.25) is 0 Å². The minimum atomic E-state index is -0.133. The standard InChI is InChI=1S/C17H19BrN2O2S2/c1-2-3-8-19-15(21)7-9-20-16(22)14(24-17(20)23)11-12-5-4-6-13(18)10-12/h4-6,10-11H,2-3,7-9H2,1H3,(H,19,21)/b14-11-. The van der Waals surface area contributed by atoms with E-state index in [9.17, 15) is 9.59 Å². The van der Waals surface area contributed by atoms with Crippen molar-refractivity contribution in [1.29, 1.82) is 0 Å². The van der Waals surface area contributed by atoms with Gasteiger partial charge in [-0.15, -0.1) is 0 Å². The van der Waals surface area contributed by atoms with Gasteiger partial charge in [0.15, 0.2) is 0 Å². The minimum Gasteiger partial charge on any atom is -0.356 e. The number of carbonyl (C=O) groups is 2. The van der Waals surface area contributed by atoms with E-state index in [1.807, 2.05) is 30.3 Å². The molecule has 128 valence electrons. The van der Waals surface area contributed by atoms with Crippen LogP contribution in [0.1, 0.15) is 31.7 Å². The molecule has 1 aromatic carbocycles. The number of thioether (sulfide) groups is 1. The van der Waals surface area contributed by atoms with Gasteiger partial charge in [-0.1, -0.05) is 65.4 Å². The number of thiocarbonyl (C=S) groups is 1. The Morgan fingerprint density at radius 3 is 2.96 bits per heavy atom. The lowest BCUT2D eigenvalue weighted by Gasteiger charge is -2.14. The fourth-order valence-corrected chi connectivity index (χ4v) is 3.87. The predicted octanol–water partition coefficient (Wildman–Crippen LogP) is 3.96. The van der Waals surface area contributed by atoms with Gasteiger partial charge in [-0.25, -0.2) is 0 Å². The summed E-state index contributed by atoms with van der Waals surface area (Å²) in [6, 6.07) is 7.71. The number of unbranched alkanes of at least 4 members (excludes halogenated alkanes) is 1. The maximum atomic E-state index is 12.5. The van der Waals surface area contributed by atoms with Gasteiger partial charge >= 0.3 is 0 Å². The van der Waals surface area contributed by atoms with E-state index in [-0.39, 0.29) is 18.2 Å². The number of carbonyl (C=O) groups excluding carboxylic acids is 2. The highest BCUT2D eigenvalue weighted by atomic mass is 79.9. The van der Waals surface area contributed by atoms with E-state index in [4.69, 9.17) is 12.2 Å². The average Bonchev–Trinajstić information content (AvgIpc) is 2.80. The van der Waals surface area contributed by atoms with Crippen molar-refractivity contribution in [1.82, 2.24) is 10.2 Å². The highest BCUT2D eigenvalue weighted by Crippen LogP contribution is 2.32. The molecule has 1 heterocycles. The molecule has 0 aliphatic carbocycles. The molecule has 0 atom stereocenters. The van der Waals surface area contributed by atoms with Crippen molar-refractivity contribution < 1.29 is 9.59 Å². The second kappa shape index (κ2) is 9.34. The first-order chi connectivity index (χ1) is 11.5. The van der Waals surface area contributed by atoms with Crippen molar-refractivity contribution >= 4 is 62.1 Å². The highest BCUT2D eigenvalue weighted by molar-refractivity contribution is 9.10. The monoisotopic (exact) mass is 426 g/mol. The molecule has 7 heteroatoms. The summed E-state index contributed by atoms with van der Waals surface area (Å²) in [5.41, 5.74) is 0.933. The number of hydrogen-bond acceptors (Lipinski definition) is 4. The normalized spacial score (nSPS) is 16.1. The van der Waals surface area contributed by atoms with Gasteiger partial charge in [0.1, 0.15) is 4.32 Å². The molecule has 1 saturated heterocycles. The molecule has 1 aliphatic heterocycles. The Morgan fingerprint density at radius 2 is 2.25 bits per heavy atom. The van der Waals surface area contributed by atoms with Crippen LogP contribution in [-0.2, 0) is 9.59 Å². The van der Waals surface area contributed by atoms with Crippen molar-refractivity contribution in [3.63, 3.8) is 0 Å². The SMILES string of the molecule is CCCCNC(=O)CCN1C(=O)/C(=C/c2cccc(Br)c2)SC1=S. The average molecular weight is 427 g/mol. The molecule has 24 heavy (non-hydrogen) atoms. The lowest BCUT2D eigenvalue weighted by atomic mass is 10.2. The van der Waals surface area contributed by atoms with E-state index in [1.54, 1.807) is 0 Å². The van der Waals surface area contributed by atoms with Crippen LogP contribution in [0.5, 0.6) is 0 Å². The molecule has 0 unspecified atom stereocenters. The first-order valence-electron chi connectivity index (χ1n) is 7.79. The molecule has 1 N–H and O–H groups in total. The van der Waals surface area contributed by atoms with Crippen LogP contribution in [0.25, 0.3) is 6.08 Å². The van der Waals surface area contributed by atoms with Crippen molar-refractivity contribution in [2.45, 2.75) is 26.2 Å². The van der Waals surface area contributed by atoms with E-state index in [2.05, 4.69) is 28.2 Å². The second-order valence-corrected chi connectivity index (χ2v) is 7.93. The zero-order valence-corrected chi connectivity index (χ0v) is 16.6. The van der Waals surface area contributed by atoms with Crippen molar-refractivity contribution in [2.75, 3.05) is 13.1 Å². The zero-order valence-electron chi connectivity index (χ0n) is 13.4. The summed E-state index contributed by atoms with van der Waals surface area (Å²) in [4.78, 5) is 26.4. The fraction of sp³-hybridized carbons (Fsp3) is 0.353. The molecule has 0 bridgehead atoms. The molecular weight excluding hydrogens is 408 g/mol. The van der Waals surface area contributed by atoms with E-state index < -0.39 is 0 Å². The minimum absolute atomic E-state index is 0.0477. The van der Waals surface area contributed by atoms with Crippen LogP contribution < -0.4 is 5.32 Å². The summed E-state index contributed by atoms with van der Waals surface area (Å²) in [5, 5.41) is 2.85. The Labute approximate surface area is 160 Å². The molecule has 0 aromatic heterocycles. The van der Waals surface area contributed by atoms with E-state index >= 15 is 0 Å². The number of benzene rings is 1. The largest absolute Gasteiger partial charge is 0.356 e. The highest BCUT2D eigenvalue weighted by Gasteiger charge is 2.31. The molecule has 1 aliphatic rings. The number of nitrogens with one attached hydrogen (secondary N) is 1. The lowest BCUT2D eigenvalue weighted by molar-refractivity contribution is -0.123. The van der Waals surface area contributed by atoms with Crippen LogP contribution in [-0.4, -0.2) is 34.1 Å². The van der Waals surface area contributed by atoms with E-state index in [0.717, 1.165) is 22.9 Å². The molecule has 2 rings (SSSR count). The van der Waals surface area contributed by atoms with Crippen LogP contribution >= 0.6 is 39.9 Å². The van der Waals surface area contributed by atoms with Crippen molar-refractivity contribution in [3.05, 3.63) is 39.2 Å². The Hall–Kier alpha value is -1.18. The van der Waals surface area contributed by atoms with Gasteiger partial charge in [0, 0.05) is 24.0 Å². The van der Waals surface area contributed by atoms with Gasteiger partial charge < -0.3 is 5.32 Å². The Kier molecular flexibility index (Phi) is 7.45. The summed E-state index contributed by atoms with van der Waals surface area (Å²) in [5.74, 6) is -0.181. The molecule has 1 fully saturated rings. The van der Waals surface area contributed by atoms with Gasteiger partial charge in [0.25, 0.3) is 5.91 Å². The molecule has 2 amide bonds. The summed E-state index contributed by atoms with van der Waals surface area (Å²) < 4.78 is 1.46. The summed E-state index contributed by atoms with van der Waals surface area (Å²) >= 11 is 9.97. The number of halogens is 1. The number of amides is 2. The molecular formula is C17H19BrN2O2S2. The predicted molar refractivity (Wildman–Crippen MR) is 107 cm³/mol. The second-order valence-electron chi connectivity index (χ2n) is 5.34. The van der Waals surface area contributed by atoms with Crippen LogP contribution in [0.15, 0.2) is 33.6 Å². The van der Waals surface area contributed by atoms with E-state index in [1.165, 1.54) is 16.7 Å². The topological polar surface area (TPSA) is 49.4 Å². The van der Waals surface area contributed by atoms with E-state index in [0.29, 0.717) is 22.3 Å². The third-order valence-corrected chi connectivity index (χ3v) is 5.31. The van der Waals surface area contributed by atoms with Gasteiger partial charge in [0.05, 0.1) is 4.91 Å². The summed E-state index contributed by atoms with van der Waals surface area (Å²) in [6.07, 6.45) is 4.09. The maximum Gasteiger partial charge on any atom is 0.266 e. The number of nitrogens with zero attached hydrogens (tertiary/aromatic N) is 1. The maximum absolute atomic E-state index is 12.5. The molecule has 1 aromatic rings. The van der Waals surface area contributed by atoms with Crippen molar-refractivity contribution in [3.8, 4) is 0 Å². The van der Waals surface area contributed by atoms with Crippen LogP contribution in [0.4, 0.5) is 0 Å². The fourth-order valence-electron chi connectivity index (χ4n) is 2.15. The molecule has 0 spiro atoms. The van der Waals surface area contributed by atoms with Gasteiger partial charge in [-0.2, -0.15) is 0 Å². The van der Waals surface area contributed by atoms with Gasteiger partial charge in [0.2, 0.25) is 5.91 Å². The third kappa shape index (κ3) is 5.43. The lowest BCUT2D eigenvalue weighted by Crippen LogP contribution is -2.33. The number of hydrogen-bond donors (Lipinski definition) is 1. The van der Waals surface area contributed by atoms with Gasteiger partial charge in [-0.05, 0) is 30.2 Å². The Bertz CT molecular complexity index is 676. The molecule has 0 radical (unpaired) electrons. The number of rotatable bonds is 7. The quantitative estimate of drug-likeness (QED) is 0.407. The molecule has 4 nitrogen and oxygen atoms in total. The Balaban J connectivity index is 1.95. The van der Waals surface area contributed by atoms with Crippen LogP contribution in [0.3, 0.4) is 0 Å². The van der Waals surface area contributed by atoms with Crippen molar-refractivity contribution in [2.24, 2.45) is 0 Å². The molecule has 0 saturated carbocycles. The Morgan fingerprint density at radius 1 is 1.46 bits per heavy atom. The summed E-state index contributed by atoms with van der Waals surface area (Å²) in [7, 11) is 0. The third-order valence-electron chi connectivity index (χ3n) is 3.43.